The van der Waals surface area contributed by atoms with E-state index in [-0.39, 0.29) is 23.9 Å². The molecule has 0 aromatic heterocycles. The molecule has 0 radical (unpaired) electrons. The predicted octanol–water partition coefficient (Wildman–Crippen LogP) is 3.16. The molecule has 0 amide bonds. The van der Waals surface area contributed by atoms with Gasteiger partial charge in [0.25, 0.3) is 0 Å². The van der Waals surface area contributed by atoms with E-state index >= 15 is 0 Å². The SMILES string of the molecule is CC(C#N)CNc1ccccc1OC(F)(F)F. The number of benzene rings is 1. The van der Waals surface area contributed by atoms with Gasteiger partial charge in [-0.3, -0.25) is 0 Å². The molecule has 0 heterocycles. The van der Waals surface area contributed by atoms with Crippen LogP contribution < -0.4 is 10.1 Å². The molecule has 0 fully saturated rings. The number of para-hydroxylation sites is 2. The molecule has 0 aliphatic carbocycles. The summed E-state index contributed by atoms with van der Waals surface area (Å²) in [7, 11) is 0. The van der Waals surface area contributed by atoms with Gasteiger partial charge in [0.2, 0.25) is 0 Å². The number of hydrogen-bond acceptors (Lipinski definition) is 3. The minimum absolute atomic E-state index is 0.215. The second-order valence-corrected chi connectivity index (χ2v) is 3.46. The Balaban J connectivity index is 2.75. The minimum atomic E-state index is -4.72. The fourth-order valence-electron chi connectivity index (χ4n) is 1.14. The van der Waals surface area contributed by atoms with Crippen LogP contribution >= 0.6 is 0 Å². The van der Waals surface area contributed by atoms with E-state index in [4.69, 9.17) is 5.26 Å². The van der Waals surface area contributed by atoms with Gasteiger partial charge in [-0.25, -0.2) is 0 Å². The van der Waals surface area contributed by atoms with Gasteiger partial charge >= 0.3 is 6.36 Å². The maximum Gasteiger partial charge on any atom is 0.573 e. The lowest BCUT2D eigenvalue weighted by Gasteiger charge is -2.14. The number of halogens is 3. The number of hydrogen-bond donors (Lipinski definition) is 1. The highest BCUT2D eigenvalue weighted by Crippen LogP contribution is 2.29. The zero-order chi connectivity index (χ0) is 12.9. The van der Waals surface area contributed by atoms with Crippen LogP contribution in [0.1, 0.15) is 6.92 Å². The van der Waals surface area contributed by atoms with Crippen LogP contribution in [0.25, 0.3) is 0 Å². The van der Waals surface area contributed by atoms with Crippen LogP contribution in [0.4, 0.5) is 18.9 Å². The normalized spacial score (nSPS) is 12.6. The average Bonchev–Trinajstić information content (AvgIpc) is 2.25. The number of nitrogens with one attached hydrogen (secondary N) is 1. The van der Waals surface area contributed by atoms with Gasteiger partial charge in [0.15, 0.2) is 5.75 Å². The summed E-state index contributed by atoms with van der Waals surface area (Å²) in [6, 6.07) is 7.69. The Morgan fingerprint density at radius 1 is 1.41 bits per heavy atom. The monoisotopic (exact) mass is 244 g/mol. The van der Waals surface area contributed by atoms with Crippen LogP contribution in [0.3, 0.4) is 0 Å². The molecule has 0 bridgehead atoms. The largest absolute Gasteiger partial charge is 0.573 e. The molecule has 1 aromatic rings. The first kappa shape index (κ1) is 13.2. The van der Waals surface area contributed by atoms with Crippen LogP contribution in [0.15, 0.2) is 24.3 Å². The third-order valence-corrected chi connectivity index (χ3v) is 1.93. The van der Waals surface area contributed by atoms with Gasteiger partial charge in [0.05, 0.1) is 17.7 Å². The quantitative estimate of drug-likeness (QED) is 0.884. The highest BCUT2D eigenvalue weighted by atomic mass is 19.4. The molecule has 0 aliphatic rings. The molecular weight excluding hydrogens is 233 g/mol. The van der Waals surface area contributed by atoms with Crippen LogP contribution in [-0.2, 0) is 0 Å². The van der Waals surface area contributed by atoms with E-state index in [2.05, 4.69) is 10.1 Å². The van der Waals surface area contributed by atoms with Crippen molar-refractivity contribution in [1.82, 2.24) is 0 Å². The third kappa shape index (κ3) is 4.64. The summed E-state index contributed by atoms with van der Waals surface area (Å²) in [6.07, 6.45) is -4.72. The Morgan fingerprint density at radius 3 is 2.65 bits per heavy atom. The Kier molecular flexibility index (Phi) is 4.21. The van der Waals surface area contributed by atoms with Gasteiger partial charge in [0, 0.05) is 6.54 Å². The van der Waals surface area contributed by atoms with Gasteiger partial charge in [-0.05, 0) is 19.1 Å². The van der Waals surface area contributed by atoms with Crippen molar-refractivity contribution < 1.29 is 17.9 Å². The molecule has 0 saturated carbocycles. The molecule has 17 heavy (non-hydrogen) atoms. The van der Waals surface area contributed by atoms with Crippen molar-refractivity contribution in [1.29, 1.82) is 5.26 Å². The van der Waals surface area contributed by atoms with Crippen molar-refractivity contribution in [2.75, 3.05) is 11.9 Å². The Labute approximate surface area is 96.8 Å². The maximum atomic E-state index is 12.1. The summed E-state index contributed by atoms with van der Waals surface area (Å²) < 4.78 is 40.1. The standard InChI is InChI=1S/C11H11F3N2O/c1-8(6-15)7-16-9-4-2-3-5-10(9)17-11(12,13)14/h2-5,8,16H,7H2,1H3. The molecule has 3 nitrogen and oxygen atoms in total. The molecule has 0 saturated heterocycles. The van der Waals surface area contributed by atoms with E-state index in [0.717, 1.165) is 0 Å². The molecule has 1 atom stereocenters. The third-order valence-electron chi connectivity index (χ3n) is 1.93. The summed E-state index contributed by atoms with van der Waals surface area (Å²) in [6.45, 7) is 1.93. The van der Waals surface area contributed by atoms with Crippen LogP contribution in [0.5, 0.6) is 5.75 Å². The summed E-state index contributed by atoms with van der Waals surface area (Å²) in [4.78, 5) is 0. The van der Waals surface area contributed by atoms with E-state index in [9.17, 15) is 13.2 Å². The fraction of sp³-hybridized carbons (Fsp3) is 0.364. The van der Waals surface area contributed by atoms with Crippen molar-refractivity contribution in [2.45, 2.75) is 13.3 Å². The van der Waals surface area contributed by atoms with Crippen LogP contribution in [0.2, 0.25) is 0 Å². The fourth-order valence-corrected chi connectivity index (χ4v) is 1.14. The number of rotatable bonds is 4. The van der Waals surface area contributed by atoms with E-state index in [1.54, 1.807) is 13.0 Å². The van der Waals surface area contributed by atoms with Crippen LogP contribution in [-0.4, -0.2) is 12.9 Å². The highest BCUT2D eigenvalue weighted by molar-refractivity contribution is 5.56. The van der Waals surface area contributed by atoms with Crippen molar-refractivity contribution in [2.24, 2.45) is 5.92 Å². The molecule has 92 valence electrons. The van der Waals surface area contributed by atoms with Crippen molar-refractivity contribution in [3.63, 3.8) is 0 Å². The lowest BCUT2D eigenvalue weighted by atomic mass is 10.2. The highest BCUT2D eigenvalue weighted by Gasteiger charge is 2.32. The van der Waals surface area contributed by atoms with E-state index < -0.39 is 6.36 Å². The molecule has 0 aliphatic heterocycles. The molecule has 1 rings (SSSR count). The maximum absolute atomic E-state index is 12.1. The first-order valence-corrected chi connectivity index (χ1v) is 4.90. The summed E-state index contributed by atoms with van der Waals surface area (Å²) in [5.74, 6) is -0.598. The van der Waals surface area contributed by atoms with Gasteiger partial charge in [0.1, 0.15) is 0 Å². The first-order valence-electron chi connectivity index (χ1n) is 4.90. The van der Waals surface area contributed by atoms with Crippen molar-refractivity contribution in [3.05, 3.63) is 24.3 Å². The molecular formula is C11H11F3N2O. The molecule has 0 spiro atoms. The Hall–Kier alpha value is -1.90. The molecule has 1 N–H and O–H groups in total. The zero-order valence-corrected chi connectivity index (χ0v) is 9.08. The van der Waals surface area contributed by atoms with Gasteiger partial charge < -0.3 is 10.1 Å². The Bertz CT molecular complexity index is 412. The Morgan fingerprint density at radius 2 is 2.06 bits per heavy atom. The van der Waals surface area contributed by atoms with E-state index in [1.807, 2.05) is 6.07 Å². The number of nitriles is 1. The van der Waals surface area contributed by atoms with E-state index in [1.165, 1.54) is 18.2 Å². The van der Waals surface area contributed by atoms with Gasteiger partial charge in [-0.1, -0.05) is 12.1 Å². The summed E-state index contributed by atoms with van der Waals surface area (Å²) >= 11 is 0. The van der Waals surface area contributed by atoms with Crippen LogP contribution in [0, 0.1) is 17.2 Å². The smallest absolute Gasteiger partial charge is 0.404 e. The minimum Gasteiger partial charge on any atom is -0.404 e. The second-order valence-electron chi connectivity index (χ2n) is 3.46. The van der Waals surface area contributed by atoms with Crippen molar-refractivity contribution in [3.8, 4) is 11.8 Å². The molecule has 1 unspecified atom stereocenters. The summed E-state index contributed by atoms with van der Waals surface area (Å²) in [5.41, 5.74) is 0.215. The number of alkyl halides is 3. The number of nitrogens with zero attached hydrogens (tertiary/aromatic N) is 1. The van der Waals surface area contributed by atoms with E-state index in [0.29, 0.717) is 0 Å². The molecule has 6 heteroatoms. The lowest BCUT2D eigenvalue weighted by molar-refractivity contribution is -0.274. The average molecular weight is 244 g/mol. The zero-order valence-electron chi connectivity index (χ0n) is 9.08. The first-order chi connectivity index (χ1) is 7.92. The van der Waals surface area contributed by atoms with Gasteiger partial charge in [-0.15, -0.1) is 13.2 Å². The summed E-state index contributed by atoms with van der Waals surface area (Å²) in [5, 5.41) is 11.3. The van der Waals surface area contributed by atoms with Crippen molar-refractivity contribution >= 4 is 5.69 Å². The second kappa shape index (κ2) is 5.43. The van der Waals surface area contributed by atoms with Gasteiger partial charge in [-0.2, -0.15) is 5.26 Å². The topological polar surface area (TPSA) is 45.0 Å². The lowest BCUT2D eigenvalue weighted by Crippen LogP contribution is -2.19. The number of ether oxygens (including phenoxy) is 1. The number of anilines is 1. The molecule has 1 aromatic carbocycles. The predicted molar refractivity (Wildman–Crippen MR) is 56.4 cm³/mol.